The molecule has 20 heavy (non-hydrogen) atoms. The molecule has 6 heteroatoms. The van der Waals surface area contributed by atoms with E-state index in [1.165, 1.54) is 0 Å². The fourth-order valence-electron chi connectivity index (χ4n) is 1.91. The second-order valence-corrected chi connectivity index (χ2v) is 5.79. The summed E-state index contributed by atoms with van der Waals surface area (Å²) in [6.45, 7) is 3.57. The number of halogens is 2. The van der Waals surface area contributed by atoms with Gasteiger partial charge in [0.05, 0.1) is 11.4 Å². The van der Waals surface area contributed by atoms with Crippen LogP contribution in [-0.2, 0) is 11.3 Å². The van der Waals surface area contributed by atoms with Crippen LogP contribution in [-0.4, -0.2) is 23.3 Å². The topological polar surface area (TPSA) is 39.1 Å². The minimum atomic E-state index is 0.685. The molecular formula is C14H17BrClN3O. The molecule has 108 valence electrons. The summed E-state index contributed by atoms with van der Waals surface area (Å²) >= 11 is 9.53. The number of rotatable bonds is 6. The van der Waals surface area contributed by atoms with Gasteiger partial charge in [-0.2, -0.15) is 0 Å². The molecule has 0 fully saturated rings. The zero-order valence-electron chi connectivity index (χ0n) is 11.5. The Balaban J connectivity index is 2.17. The van der Waals surface area contributed by atoms with E-state index in [0.717, 1.165) is 41.4 Å². The van der Waals surface area contributed by atoms with E-state index >= 15 is 0 Å². The molecule has 0 atom stereocenters. The van der Waals surface area contributed by atoms with Gasteiger partial charge in [-0.05, 0) is 47.5 Å². The van der Waals surface area contributed by atoms with Crippen LogP contribution in [0.2, 0.25) is 5.02 Å². The van der Waals surface area contributed by atoms with Gasteiger partial charge in [0.25, 0.3) is 0 Å². The fraction of sp³-hybridized carbons (Fsp3) is 0.357. The standard InChI is InChI=1S/C14H17BrClN3O/c1-10-9-19(6-3-7-20-2)14(17-10)18-13-8-11(16)4-5-12(13)15/h4-5,8-9H,3,6-7H2,1-2H3,(H,17,18). The van der Waals surface area contributed by atoms with Gasteiger partial charge in [0, 0.05) is 36.0 Å². The third-order valence-electron chi connectivity index (χ3n) is 2.82. The zero-order valence-corrected chi connectivity index (χ0v) is 13.8. The maximum atomic E-state index is 6.03. The number of imidazole rings is 1. The zero-order chi connectivity index (χ0) is 14.5. The van der Waals surface area contributed by atoms with Gasteiger partial charge >= 0.3 is 0 Å². The molecule has 4 nitrogen and oxygen atoms in total. The highest BCUT2D eigenvalue weighted by Crippen LogP contribution is 2.28. The number of aryl methyl sites for hydroxylation is 2. The molecule has 0 radical (unpaired) electrons. The smallest absolute Gasteiger partial charge is 0.207 e. The minimum absolute atomic E-state index is 0.685. The van der Waals surface area contributed by atoms with Crippen molar-refractivity contribution in [2.45, 2.75) is 19.9 Å². The lowest BCUT2D eigenvalue weighted by molar-refractivity contribution is 0.190. The Morgan fingerprint density at radius 1 is 1.45 bits per heavy atom. The summed E-state index contributed by atoms with van der Waals surface area (Å²) in [6, 6.07) is 5.62. The Bertz CT molecular complexity index is 586. The third kappa shape index (κ3) is 3.98. The van der Waals surface area contributed by atoms with E-state index in [1.807, 2.05) is 31.3 Å². The average Bonchev–Trinajstić information content (AvgIpc) is 2.74. The molecule has 0 aliphatic carbocycles. The second kappa shape index (κ2) is 7.11. The Labute approximate surface area is 132 Å². The molecule has 1 heterocycles. The number of anilines is 2. The molecule has 1 aromatic heterocycles. The normalized spacial score (nSPS) is 10.8. The second-order valence-electron chi connectivity index (χ2n) is 4.49. The lowest BCUT2D eigenvalue weighted by Gasteiger charge is -2.11. The highest BCUT2D eigenvalue weighted by atomic mass is 79.9. The predicted octanol–water partition coefficient (Wildman–Crippen LogP) is 4.39. The highest BCUT2D eigenvalue weighted by molar-refractivity contribution is 9.10. The summed E-state index contributed by atoms with van der Waals surface area (Å²) in [5, 5.41) is 3.99. The van der Waals surface area contributed by atoms with E-state index in [-0.39, 0.29) is 0 Å². The number of hydrogen-bond acceptors (Lipinski definition) is 3. The number of benzene rings is 1. The summed E-state index contributed by atoms with van der Waals surface area (Å²) in [6.07, 6.45) is 2.97. The van der Waals surface area contributed by atoms with Gasteiger partial charge in [-0.15, -0.1) is 0 Å². The monoisotopic (exact) mass is 357 g/mol. The Morgan fingerprint density at radius 3 is 3.00 bits per heavy atom. The molecule has 1 aromatic carbocycles. The van der Waals surface area contributed by atoms with Crippen LogP contribution in [0.25, 0.3) is 0 Å². The van der Waals surface area contributed by atoms with E-state index in [4.69, 9.17) is 16.3 Å². The molecule has 0 bridgehead atoms. The van der Waals surface area contributed by atoms with E-state index in [9.17, 15) is 0 Å². The fourth-order valence-corrected chi connectivity index (χ4v) is 2.43. The van der Waals surface area contributed by atoms with Crippen LogP contribution in [0.1, 0.15) is 12.1 Å². The SMILES string of the molecule is COCCCn1cc(C)nc1Nc1cc(Cl)ccc1Br. The van der Waals surface area contributed by atoms with Crippen LogP contribution in [0.5, 0.6) is 0 Å². The molecule has 0 spiro atoms. The van der Waals surface area contributed by atoms with Crippen LogP contribution in [0.15, 0.2) is 28.9 Å². The van der Waals surface area contributed by atoms with Crippen molar-refractivity contribution < 1.29 is 4.74 Å². The first kappa shape index (κ1) is 15.4. The molecule has 2 rings (SSSR count). The minimum Gasteiger partial charge on any atom is -0.385 e. The molecule has 0 unspecified atom stereocenters. The summed E-state index contributed by atoms with van der Waals surface area (Å²) in [4.78, 5) is 4.50. The maximum Gasteiger partial charge on any atom is 0.207 e. The average molecular weight is 359 g/mol. The van der Waals surface area contributed by atoms with Crippen molar-refractivity contribution in [3.8, 4) is 0 Å². The Morgan fingerprint density at radius 2 is 2.25 bits per heavy atom. The maximum absolute atomic E-state index is 6.03. The van der Waals surface area contributed by atoms with Gasteiger partial charge < -0.3 is 14.6 Å². The van der Waals surface area contributed by atoms with E-state index in [0.29, 0.717) is 5.02 Å². The van der Waals surface area contributed by atoms with Crippen molar-refractivity contribution in [1.29, 1.82) is 0 Å². The van der Waals surface area contributed by atoms with E-state index < -0.39 is 0 Å². The molecule has 0 saturated heterocycles. The Kier molecular flexibility index (Phi) is 5.46. The number of ether oxygens (including phenoxy) is 1. The first-order valence-electron chi connectivity index (χ1n) is 6.35. The van der Waals surface area contributed by atoms with Crippen LogP contribution in [0, 0.1) is 6.92 Å². The van der Waals surface area contributed by atoms with Crippen LogP contribution >= 0.6 is 27.5 Å². The number of nitrogens with one attached hydrogen (secondary N) is 1. The van der Waals surface area contributed by atoms with Crippen LogP contribution in [0.3, 0.4) is 0 Å². The highest BCUT2D eigenvalue weighted by Gasteiger charge is 2.08. The number of aromatic nitrogens is 2. The van der Waals surface area contributed by atoms with E-state index in [2.05, 4.69) is 30.8 Å². The molecule has 0 aliphatic heterocycles. The van der Waals surface area contributed by atoms with Crippen molar-refractivity contribution in [1.82, 2.24) is 9.55 Å². The molecule has 0 amide bonds. The number of nitrogens with zero attached hydrogens (tertiary/aromatic N) is 2. The number of hydrogen-bond donors (Lipinski definition) is 1. The predicted molar refractivity (Wildman–Crippen MR) is 85.9 cm³/mol. The lowest BCUT2D eigenvalue weighted by Crippen LogP contribution is -2.05. The van der Waals surface area contributed by atoms with Crippen LogP contribution < -0.4 is 5.32 Å². The first-order chi connectivity index (χ1) is 9.60. The molecule has 0 saturated carbocycles. The van der Waals surface area contributed by atoms with Crippen molar-refractivity contribution in [3.05, 3.63) is 39.6 Å². The van der Waals surface area contributed by atoms with Gasteiger partial charge in [-0.3, -0.25) is 0 Å². The molecule has 0 aliphatic rings. The molecular weight excluding hydrogens is 342 g/mol. The van der Waals surface area contributed by atoms with Gasteiger partial charge in [0.1, 0.15) is 0 Å². The van der Waals surface area contributed by atoms with Crippen molar-refractivity contribution >= 4 is 39.2 Å². The van der Waals surface area contributed by atoms with Gasteiger partial charge in [0.15, 0.2) is 0 Å². The molecule has 1 N–H and O–H groups in total. The third-order valence-corrected chi connectivity index (χ3v) is 3.75. The van der Waals surface area contributed by atoms with E-state index in [1.54, 1.807) is 7.11 Å². The molecule has 2 aromatic rings. The quantitative estimate of drug-likeness (QED) is 0.779. The van der Waals surface area contributed by atoms with Gasteiger partial charge in [-0.25, -0.2) is 4.98 Å². The van der Waals surface area contributed by atoms with Gasteiger partial charge in [-0.1, -0.05) is 11.6 Å². The summed E-state index contributed by atoms with van der Waals surface area (Å²) in [5.74, 6) is 0.807. The van der Waals surface area contributed by atoms with Crippen molar-refractivity contribution in [3.63, 3.8) is 0 Å². The summed E-state index contributed by atoms with van der Waals surface area (Å²) in [5.41, 5.74) is 1.87. The van der Waals surface area contributed by atoms with Crippen LogP contribution in [0.4, 0.5) is 11.6 Å². The first-order valence-corrected chi connectivity index (χ1v) is 7.52. The van der Waals surface area contributed by atoms with Gasteiger partial charge in [0.2, 0.25) is 5.95 Å². The number of methoxy groups -OCH3 is 1. The largest absolute Gasteiger partial charge is 0.385 e. The summed E-state index contributed by atoms with van der Waals surface area (Å²) < 4.78 is 8.12. The Hall–Kier alpha value is -1.04. The summed E-state index contributed by atoms with van der Waals surface area (Å²) in [7, 11) is 1.71. The lowest BCUT2D eigenvalue weighted by atomic mass is 10.3. The van der Waals surface area contributed by atoms with Crippen molar-refractivity contribution in [2.24, 2.45) is 0 Å². The van der Waals surface area contributed by atoms with Crippen molar-refractivity contribution in [2.75, 3.05) is 19.0 Å².